The molecule has 26 heavy (non-hydrogen) atoms. The van der Waals surface area contributed by atoms with E-state index in [2.05, 4.69) is 20.6 Å². The van der Waals surface area contributed by atoms with Crippen LogP contribution in [0.2, 0.25) is 0 Å². The molecule has 7 heteroatoms. The minimum absolute atomic E-state index is 0.0783. The summed E-state index contributed by atoms with van der Waals surface area (Å²) in [6.07, 6.45) is 6.65. The number of hydrogen-bond donors (Lipinski definition) is 2. The van der Waals surface area contributed by atoms with Crippen LogP contribution >= 0.6 is 0 Å². The summed E-state index contributed by atoms with van der Waals surface area (Å²) >= 11 is 0. The third-order valence-electron chi connectivity index (χ3n) is 4.41. The van der Waals surface area contributed by atoms with Crippen LogP contribution in [-0.4, -0.2) is 35.3 Å². The highest BCUT2D eigenvalue weighted by molar-refractivity contribution is 5.89. The van der Waals surface area contributed by atoms with Gasteiger partial charge in [-0.2, -0.15) is 4.98 Å². The molecular formula is C19H24N4O3. The van der Waals surface area contributed by atoms with E-state index in [9.17, 15) is 4.79 Å². The molecule has 0 spiro atoms. The Morgan fingerprint density at radius 2 is 1.77 bits per heavy atom. The molecule has 2 aromatic rings. The number of aryl methyl sites for hydroxylation is 1. The zero-order valence-corrected chi connectivity index (χ0v) is 15.1. The van der Waals surface area contributed by atoms with Crippen LogP contribution in [0.4, 0.5) is 10.5 Å². The summed E-state index contributed by atoms with van der Waals surface area (Å²) in [5, 5.41) is 5.90. The first kappa shape index (κ1) is 18.0. The van der Waals surface area contributed by atoms with E-state index in [0.29, 0.717) is 11.8 Å². The highest BCUT2D eigenvalue weighted by atomic mass is 16.5. The molecule has 2 amide bonds. The predicted molar refractivity (Wildman–Crippen MR) is 98.6 cm³/mol. The van der Waals surface area contributed by atoms with Gasteiger partial charge in [0.25, 0.3) is 0 Å². The van der Waals surface area contributed by atoms with Crippen molar-refractivity contribution < 1.29 is 14.3 Å². The number of carbonyl (C=O) groups is 1. The van der Waals surface area contributed by atoms with Crippen molar-refractivity contribution in [3.05, 3.63) is 42.2 Å². The van der Waals surface area contributed by atoms with E-state index in [1.165, 1.54) is 0 Å². The number of nitrogens with one attached hydrogen (secondary N) is 2. The Morgan fingerprint density at radius 3 is 2.46 bits per heavy atom. The Bertz CT molecular complexity index is 728. The summed E-state index contributed by atoms with van der Waals surface area (Å²) in [6.45, 7) is 2.02. The quantitative estimate of drug-likeness (QED) is 0.858. The molecule has 0 bridgehead atoms. The van der Waals surface area contributed by atoms with Crippen molar-refractivity contribution in [2.75, 3.05) is 12.4 Å². The largest absolute Gasteiger partial charge is 0.480 e. The molecule has 0 unspecified atom stereocenters. The number of nitrogens with zero attached hydrogens (tertiary/aromatic N) is 2. The van der Waals surface area contributed by atoms with Crippen molar-refractivity contribution in [3.63, 3.8) is 0 Å². The molecule has 3 rings (SSSR count). The monoisotopic (exact) mass is 356 g/mol. The van der Waals surface area contributed by atoms with E-state index in [0.717, 1.165) is 36.9 Å². The molecule has 138 valence electrons. The molecule has 1 aliphatic rings. The maximum atomic E-state index is 12.1. The zero-order valence-electron chi connectivity index (χ0n) is 15.1. The SMILES string of the molecule is COc1cncc(OC2CCC(NC(=O)Nc3ccc(C)cc3)CC2)n1. The molecule has 0 aliphatic heterocycles. The first-order valence-electron chi connectivity index (χ1n) is 8.79. The molecule has 1 fully saturated rings. The van der Waals surface area contributed by atoms with E-state index < -0.39 is 0 Å². The van der Waals surface area contributed by atoms with Gasteiger partial charge < -0.3 is 20.1 Å². The van der Waals surface area contributed by atoms with Crippen LogP contribution in [0.15, 0.2) is 36.7 Å². The van der Waals surface area contributed by atoms with Gasteiger partial charge in [-0.1, -0.05) is 17.7 Å². The Hall–Kier alpha value is -2.83. The Balaban J connectivity index is 1.43. The normalized spacial score (nSPS) is 19.5. The molecule has 0 radical (unpaired) electrons. The lowest BCUT2D eigenvalue weighted by molar-refractivity contribution is 0.134. The van der Waals surface area contributed by atoms with E-state index in [1.807, 2.05) is 31.2 Å². The number of benzene rings is 1. The van der Waals surface area contributed by atoms with Crippen molar-refractivity contribution in [2.45, 2.75) is 44.8 Å². The van der Waals surface area contributed by atoms with Gasteiger partial charge in [0.1, 0.15) is 6.10 Å². The van der Waals surface area contributed by atoms with Gasteiger partial charge in [-0.3, -0.25) is 4.98 Å². The lowest BCUT2D eigenvalue weighted by Crippen LogP contribution is -2.41. The van der Waals surface area contributed by atoms with Gasteiger partial charge >= 0.3 is 6.03 Å². The summed E-state index contributed by atoms with van der Waals surface area (Å²) in [4.78, 5) is 20.4. The van der Waals surface area contributed by atoms with Crippen molar-refractivity contribution in [3.8, 4) is 11.8 Å². The molecule has 2 N–H and O–H groups in total. The Kier molecular flexibility index (Phi) is 5.88. The zero-order chi connectivity index (χ0) is 18.4. The second kappa shape index (κ2) is 8.51. The molecule has 1 aromatic carbocycles. The second-order valence-corrected chi connectivity index (χ2v) is 6.46. The van der Waals surface area contributed by atoms with Crippen molar-refractivity contribution >= 4 is 11.7 Å². The van der Waals surface area contributed by atoms with Gasteiger partial charge in [0.05, 0.1) is 19.5 Å². The summed E-state index contributed by atoms with van der Waals surface area (Å²) in [5.41, 5.74) is 1.96. The smallest absolute Gasteiger partial charge is 0.319 e. The van der Waals surface area contributed by atoms with Crippen LogP contribution in [0.1, 0.15) is 31.2 Å². The molecular weight excluding hydrogens is 332 g/mol. The number of amides is 2. The number of anilines is 1. The van der Waals surface area contributed by atoms with E-state index in [4.69, 9.17) is 9.47 Å². The summed E-state index contributed by atoms with van der Waals surface area (Å²) in [5.74, 6) is 0.906. The maximum Gasteiger partial charge on any atom is 0.319 e. The van der Waals surface area contributed by atoms with Gasteiger partial charge in [0, 0.05) is 11.7 Å². The third kappa shape index (κ3) is 5.08. The number of hydrogen-bond acceptors (Lipinski definition) is 5. The van der Waals surface area contributed by atoms with Crippen LogP contribution in [0, 0.1) is 6.92 Å². The average Bonchev–Trinajstić information content (AvgIpc) is 2.65. The maximum absolute atomic E-state index is 12.1. The van der Waals surface area contributed by atoms with Crippen LogP contribution in [0.25, 0.3) is 0 Å². The molecule has 1 aliphatic carbocycles. The summed E-state index contributed by atoms with van der Waals surface area (Å²) < 4.78 is 10.9. The molecule has 0 atom stereocenters. The van der Waals surface area contributed by atoms with Crippen molar-refractivity contribution in [2.24, 2.45) is 0 Å². The fourth-order valence-electron chi connectivity index (χ4n) is 2.97. The summed E-state index contributed by atoms with van der Waals surface area (Å²) in [7, 11) is 1.55. The van der Waals surface area contributed by atoms with Gasteiger partial charge in [-0.25, -0.2) is 4.79 Å². The predicted octanol–water partition coefficient (Wildman–Crippen LogP) is 3.31. The van der Waals surface area contributed by atoms with Gasteiger partial charge in [-0.05, 0) is 44.7 Å². The summed E-state index contributed by atoms with van der Waals surface area (Å²) in [6, 6.07) is 7.72. The molecule has 7 nitrogen and oxygen atoms in total. The lowest BCUT2D eigenvalue weighted by Gasteiger charge is -2.29. The van der Waals surface area contributed by atoms with E-state index >= 15 is 0 Å². The lowest BCUT2D eigenvalue weighted by atomic mass is 9.93. The first-order chi connectivity index (χ1) is 12.6. The van der Waals surface area contributed by atoms with Crippen molar-refractivity contribution in [1.29, 1.82) is 0 Å². The second-order valence-electron chi connectivity index (χ2n) is 6.46. The van der Waals surface area contributed by atoms with Crippen LogP contribution in [-0.2, 0) is 0 Å². The minimum Gasteiger partial charge on any atom is -0.480 e. The number of rotatable bonds is 5. The van der Waals surface area contributed by atoms with Gasteiger partial charge in [0.2, 0.25) is 11.8 Å². The first-order valence-corrected chi connectivity index (χ1v) is 8.79. The van der Waals surface area contributed by atoms with Crippen LogP contribution in [0.5, 0.6) is 11.8 Å². The molecule has 1 aromatic heterocycles. The number of methoxy groups -OCH3 is 1. The third-order valence-corrected chi connectivity index (χ3v) is 4.41. The standard InChI is InChI=1S/C19H24N4O3/c1-13-3-5-14(6-4-13)21-19(24)22-15-7-9-16(10-8-15)26-18-12-20-11-17(23-18)25-2/h3-6,11-12,15-16H,7-10H2,1-2H3,(H2,21,22,24). The Morgan fingerprint density at radius 1 is 1.08 bits per heavy atom. The molecule has 1 heterocycles. The topological polar surface area (TPSA) is 85.4 Å². The molecule has 1 saturated carbocycles. The van der Waals surface area contributed by atoms with Crippen LogP contribution in [0.3, 0.4) is 0 Å². The highest BCUT2D eigenvalue weighted by Gasteiger charge is 2.24. The van der Waals surface area contributed by atoms with E-state index in [1.54, 1.807) is 19.5 Å². The number of urea groups is 1. The fourth-order valence-corrected chi connectivity index (χ4v) is 2.97. The van der Waals surface area contributed by atoms with Gasteiger partial charge in [0.15, 0.2) is 0 Å². The Labute approximate surface area is 153 Å². The number of ether oxygens (including phenoxy) is 2. The highest BCUT2D eigenvalue weighted by Crippen LogP contribution is 2.23. The minimum atomic E-state index is -0.170. The number of aromatic nitrogens is 2. The number of carbonyl (C=O) groups excluding carboxylic acids is 1. The van der Waals surface area contributed by atoms with Crippen LogP contribution < -0.4 is 20.1 Å². The van der Waals surface area contributed by atoms with E-state index in [-0.39, 0.29) is 18.2 Å². The van der Waals surface area contributed by atoms with Crippen molar-refractivity contribution in [1.82, 2.24) is 15.3 Å². The molecule has 0 saturated heterocycles. The fraction of sp³-hybridized carbons (Fsp3) is 0.421. The van der Waals surface area contributed by atoms with Gasteiger partial charge in [-0.15, -0.1) is 0 Å². The average molecular weight is 356 g/mol.